The number of hydrogen-bond acceptors (Lipinski definition) is 6. The summed E-state index contributed by atoms with van der Waals surface area (Å²) in [4.78, 5) is 28.8. The summed E-state index contributed by atoms with van der Waals surface area (Å²) in [5, 5.41) is 8.39. The Morgan fingerprint density at radius 1 is 1.07 bits per heavy atom. The molecule has 2 aromatic carbocycles. The van der Waals surface area contributed by atoms with Crippen molar-refractivity contribution in [3.63, 3.8) is 0 Å². The van der Waals surface area contributed by atoms with Crippen molar-refractivity contribution in [2.75, 3.05) is 12.4 Å². The normalized spacial score (nSPS) is 11.7. The highest BCUT2D eigenvalue weighted by molar-refractivity contribution is 7.80. The van der Waals surface area contributed by atoms with Gasteiger partial charge in [0, 0.05) is 36.4 Å². The summed E-state index contributed by atoms with van der Waals surface area (Å²) < 4.78 is 7.92. The molecule has 0 saturated carbocycles. The molecule has 0 bridgehead atoms. The number of nitrogens with one attached hydrogen (secondary N) is 1. The number of rotatable bonds is 13. The number of ether oxygens (including phenoxy) is 1. The molecule has 0 spiro atoms. The lowest BCUT2D eigenvalue weighted by Gasteiger charge is -2.16. The SMILES string of the molecule is NC(=O)[C@@H](Cc1ccccc1)NC(=O)CCCOc1c(CCS)c(-c2cccnc2)nn1-c1ccc(Cl)c(Cl)c1. The van der Waals surface area contributed by atoms with E-state index in [1.54, 1.807) is 35.3 Å². The third-order valence-corrected chi connectivity index (χ3v) is 7.09. The summed E-state index contributed by atoms with van der Waals surface area (Å²) in [7, 11) is 0. The molecule has 0 aliphatic carbocycles. The molecule has 0 radical (unpaired) electrons. The predicted octanol–water partition coefficient (Wildman–Crippen LogP) is 5.09. The van der Waals surface area contributed by atoms with Gasteiger partial charge in [0.1, 0.15) is 11.7 Å². The van der Waals surface area contributed by atoms with Gasteiger partial charge in [-0.25, -0.2) is 4.68 Å². The number of nitrogens with zero attached hydrogens (tertiary/aromatic N) is 3. The Kier molecular flexibility index (Phi) is 10.5. The fourth-order valence-corrected chi connectivity index (χ4v) is 4.70. The van der Waals surface area contributed by atoms with Gasteiger partial charge in [-0.3, -0.25) is 14.6 Å². The first kappa shape index (κ1) is 29.5. The molecule has 2 heterocycles. The number of nitrogens with two attached hydrogens (primary N) is 1. The molecule has 0 unspecified atom stereocenters. The second kappa shape index (κ2) is 14.2. The Morgan fingerprint density at radius 3 is 2.55 bits per heavy atom. The third-order valence-electron chi connectivity index (χ3n) is 6.13. The van der Waals surface area contributed by atoms with E-state index >= 15 is 0 Å². The highest BCUT2D eigenvalue weighted by Crippen LogP contribution is 2.35. The molecule has 0 fully saturated rings. The van der Waals surface area contributed by atoms with Gasteiger partial charge in [0.25, 0.3) is 0 Å². The lowest BCUT2D eigenvalue weighted by Crippen LogP contribution is -2.45. The standard InChI is InChI=1S/C29H29Cl2N5O3S/c30-23-11-10-21(17-24(23)31)36-29(22(12-15-40)27(35-36)20-8-4-13-33-18-20)39-14-5-9-26(37)34-25(28(32)38)16-19-6-2-1-3-7-19/h1-4,6-8,10-11,13,17-18,25,40H,5,9,12,14-16H2,(H2,32,38)(H,34,37)/t25-/m1/s1. The van der Waals surface area contributed by atoms with Crippen molar-refractivity contribution in [1.82, 2.24) is 20.1 Å². The second-order valence-electron chi connectivity index (χ2n) is 9.02. The number of thiol groups is 1. The first-order valence-electron chi connectivity index (χ1n) is 12.7. The summed E-state index contributed by atoms with van der Waals surface area (Å²) in [5.41, 5.74) is 9.52. The smallest absolute Gasteiger partial charge is 0.240 e. The van der Waals surface area contributed by atoms with E-state index in [2.05, 4.69) is 22.9 Å². The van der Waals surface area contributed by atoms with Gasteiger partial charge in [-0.15, -0.1) is 0 Å². The average Bonchev–Trinajstić information content (AvgIpc) is 3.31. The first-order valence-corrected chi connectivity index (χ1v) is 14.1. The van der Waals surface area contributed by atoms with Crippen LogP contribution in [0.4, 0.5) is 0 Å². The van der Waals surface area contributed by atoms with Crippen molar-refractivity contribution in [3.8, 4) is 22.8 Å². The number of pyridine rings is 1. The molecule has 11 heteroatoms. The quantitative estimate of drug-likeness (QED) is 0.147. The number of carbonyl (C=O) groups excluding carboxylic acids is 2. The summed E-state index contributed by atoms with van der Waals surface area (Å²) in [5.74, 6) is 0.215. The predicted molar refractivity (Wildman–Crippen MR) is 160 cm³/mol. The Bertz CT molecular complexity index is 1450. The van der Waals surface area contributed by atoms with Crippen LogP contribution in [-0.4, -0.2) is 45.0 Å². The fraction of sp³-hybridized carbons (Fsp3) is 0.241. The zero-order valence-corrected chi connectivity index (χ0v) is 24.0. The molecule has 1 atom stereocenters. The number of aromatic nitrogens is 3. The Morgan fingerprint density at radius 2 is 1.88 bits per heavy atom. The van der Waals surface area contributed by atoms with Crippen LogP contribution < -0.4 is 15.8 Å². The molecule has 2 amide bonds. The van der Waals surface area contributed by atoms with E-state index in [1.807, 2.05) is 42.5 Å². The summed E-state index contributed by atoms with van der Waals surface area (Å²) in [6, 6.07) is 17.6. The van der Waals surface area contributed by atoms with Gasteiger partial charge in [-0.2, -0.15) is 17.7 Å². The van der Waals surface area contributed by atoms with Crippen molar-refractivity contribution in [3.05, 3.63) is 94.2 Å². The van der Waals surface area contributed by atoms with E-state index in [0.717, 1.165) is 16.7 Å². The largest absolute Gasteiger partial charge is 0.477 e. The topological polar surface area (TPSA) is 112 Å². The minimum absolute atomic E-state index is 0.150. The van der Waals surface area contributed by atoms with Crippen LogP contribution in [0.2, 0.25) is 10.0 Å². The van der Waals surface area contributed by atoms with Crippen LogP contribution in [0.5, 0.6) is 5.88 Å². The number of amides is 2. The molecule has 4 rings (SSSR count). The van der Waals surface area contributed by atoms with E-state index < -0.39 is 11.9 Å². The fourth-order valence-electron chi connectivity index (χ4n) is 4.19. The summed E-state index contributed by atoms with van der Waals surface area (Å²) >= 11 is 16.9. The van der Waals surface area contributed by atoms with E-state index in [4.69, 9.17) is 38.8 Å². The average molecular weight is 599 g/mol. The molecule has 8 nitrogen and oxygen atoms in total. The minimum atomic E-state index is -0.795. The minimum Gasteiger partial charge on any atom is -0.477 e. The monoisotopic (exact) mass is 597 g/mol. The van der Waals surface area contributed by atoms with E-state index in [9.17, 15) is 9.59 Å². The van der Waals surface area contributed by atoms with Gasteiger partial charge < -0.3 is 15.8 Å². The Balaban J connectivity index is 1.49. The van der Waals surface area contributed by atoms with Crippen LogP contribution in [0.1, 0.15) is 24.0 Å². The summed E-state index contributed by atoms with van der Waals surface area (Å²) in [6.45, 7) is 0.229. The maximum Gasteiger partial charge on any atom is 0.240 e. The lowest BCUT2D eigenvalue weighted by molar-refractivity contribution is -0.127. The molecular weight excluding hydrogens is 569 g/mol. The van der Waals surface area contributed by atoms with Crippen LogP contribution in [0.3, 0.4) is 0 Å². The van der Waals surface area contributed by atoms with Crippen LogP contribution >= 0.6 is 35.8 Å². The van der Waals surface area contributed by atoms with Crippen LogP contribution in [0, 0.1) is 0 Å². The maximum absolute atomic E-state index is 12.6. The van der Waals surface area contributed by atoms with Gasteiger partial charge >= 0.3 is 0 Å². The maximum atomic E-state index is 12.6. The Labute approximate surface area is 248 Å². The molecule has 40 heavy (non-hydrogen) atoms. The Hall–Kier alpha value is -3.53. The molecule has 208 valence electrons. The molecule has 0 aliphatic heterocycles. The highest BCUT2D eigenvalue weighted by Gasteiger charge is 2.23. The molecule has 3 N–H and O–H groups in total. The van der Waals surface area contributed by atoms with E-state index in [-0.39, 0.29) is 18.9 Å². The zero-order chi connectivity index (χ0) is 28.5. The van der Waals surface area contributed by atoms with E-state index in [1.165, 1.54) is 0 Å². The number of halogens is 2. The van der Waals surface area contributed by atoms with Crippen molar-refractivity contribution < 1.29 is 14.3 Å². The van der Waals surface area contributed by atoms with Crippen molar-refractivity contribution >= 4 is 47.6 Å². The van der Waals surface area contributed by atoms with Crippen molar-refractivity contribution in [2.45, 2.75) is 31.7 Å². The number of carbonyl (C=O) groups is 2. The lowest BCUT2D eigenvalue weighted by atomic mass is 10.1. The molecule has 0 saturated heterocycles. The third kappa shape index (κ3) is 7.56. The molecule has 4 aromatic rings. The zero-order valence-electron chi connectivity index (χ0n) is 21.6. The number of benzene rings is 2. The van der Waals surface area contributed by atoms with E-state index in [0.29, 0.717) is 52.3 Å². The molecule has 0 aliphatic rings. The summed E-state index contributed by atoms with van der Waals surface area (Å²) in [6.07, 6.45) is 4.90. The highest BCUT2D eigenvalue weighted by atomic mass is 35.5. The first-order chi connectivity index (χ1) is 19.4. The molecule has 2 aromatic heterocycles. The molecular formula is C29H29Cl2N5O3S. The van der Waals surface area contributed by atoms with Crippen LogP contribution in [0.25, 0.3) is 16.9 Å². The number of primary amides is 1. The van der Waals surface area contributed by atoms with Gasteiger partial charge in [0.15, 0.2) is 0 Å². The van der Waals surface area contributed by atoms with Crippen molar-refractivity contribution in [2.24, 2.45) is 5.73 Å². The van der Waals surface area contributed by atoms with Gasteiger partial charge in [0.2, 0.25) is 17.7 Å². The second-order valence-corrected chi connectivity index (χ2v) is 10.3. The van der Waals surface area contributed by atoms with Gasteiger partial charge in [-0.05, 0) is 54.5 Å². The van der Waals surface area contributed by atoms with Gasteiger partial charge in [-0.1, -0.05) is 53.5 Å². The van der Waals surface area contributed by atoms with Crippen LogP contribution in [0.15, 0.2) is 73.1 Å². The van der Waals surface area contributed by atoms with Gasteiger partial charge in [0.05, 0.1) is 22.3 Å². The van der Waals surface area contributed by atoms with Crippen molar-refractivity contribution in [1.29, 1.82) is 0 Å². The van der Waals surface area contributed by atoms with Crippen LogP contribution in [-0.2, 0) is 22.4 Å². The number of hydrogen-bond donors (Lipinski definition) is 3.